The van der Waals surface area contributed by atoms with Gasteiger partial charge in [0, 0.05) is 6.20 Å². The molecule has 0 aromatic carbocycles. The maximum atomic E-state index is 3.80. The van der Waals surface area contributed by atoms with Gasteiger partial charge in [0.1, 0.15) is 0 Å². The van der Waals surface area contributed by atoms with E-state index in [0.29, 0.717) is 0 Å². The largest absolute Gasteiger partial charge is 0.256 e. The molecule has 0 aromatic rings. The van der Waals surface area contributed by atoms with Crippen molar-refractivity contribution in [3.63, 3.8) is 0 Å². The third-order valence-corrected chi connectivity index (χ3v) is 0.519. The summed E-state index contributed by atoms with van der Waals surface area (Å²) in [6.07, 6.45) is 5.12. The summed E-state index contributed by atoms with van der Waals surface area (Å²) >= 11 is 0. The Morgan fingerprint density at radius 2 is 2.25 bits per heavy atom. The molecule has 42 valence electrons. The van der Waals surface area contributed by atoms with Crippen molar-refractivity contribution in [3.05, 3.63) is 12.3 Å². The zero-order valence-corrected chi connectivity index (χ0v) is 5.18. The Balaban J connectivity index is 3.45. The van der Waals surface area contributed by atoms with Crippen molar-refractivity contribution < 1.29 is 0 Å². The molecular weight excluding hydrogens is 98.1 g/mol. The van der Waals surface area contributed by atoms with Crippen molar-refractivity contribution in [3.8, 4) is 11.8 Å². The molecule has 0 bridgehead atoms. The monoisotopic (exact) mass is 107 g/mol. The normalized spacial score (nSPS) is 9.75. The SMILES string of the molecule is CC#C/C=N\C=C/C. The van der Waals surface area contributed by atoms with Crippen molar-refractivity contribution >= 4 is 6.21 Å². The highest BCUT2D eigenvalue weighted by atomic mass is 14.6. The van der Waals surface area contributed by atoms with E-state index in [9.17, 15) is 0 Å². The fraction of sp³-hybridized carbons (Fsp3) is 0.286. The molecule has 0 N–H and O–H groups in total. The van der Waals surface area contributed by atoms with Crippen LogP contribution in [0.1, 0.15) is 13.8 Å². The summed E-state index contributed by atoms with van der Waals surface area (Å²) in [5.74, 6) is 5.38. The van der Waals surface area contributed by atoms with Crippen molar-refractivity contribution in [2.24, 2.45) is 4.99 Å². The zero-order valence-electron chi connectivity index (χ0n) is 5.18. The van der Waals surface area contributed by atoms with Gasteiger partial charge in [-0.1, -0.05) is 12.0 Å². The Morgan fingerprint density at radius 1 is 1.50 bits per heavy atom. The molecule has 0 saturated carbocycles. The van der Waals surface area contributed by atoms with Crippen molar-refractivity contribution in [2.75, 3.05) is 0 Å². The number of aliphatic imine (C=N–C) groups is 1. The van der Waals surface area contributed by atoms with E-state index in [0.717, 1.165) is 0 Å². The van der Waals surface area contributed by atoms with Crippen LogP contribution in [0.15, 0.2) is 17.3 Å². The first kappa shape index (κ1) is 6.97. The Labute approximate surface area is 50.1 Å². The van der Waals surface area contributed by atoms with E-state index >= 15 is 0 Å². The fourth-order valence-electron chi connectivity index (χ4n) is 0.231. The van der Waals surface area contributed by atoms with Gasteiger partial charge >= 0.3 is 0 Å². The molecule has 0 aliphatic carbocycles. The van der Waals surface area contributed by atoms with Crippen LogP contribution in [0.4, 0.5) is 0 Å². The summed E-state index contributed by atoms with van der Waals surface area (Å²) < 4.78 is 0. The minimum atomic E-state index is 1.57. The average Bonchev–Trinajstić information content (AvgIpc) is 1.81. The van der Waals surface area contributed by atoms with Crippen molar-refractivity contribution in [1.82, 2.24) is 0 Å². The van der Waals surface area contributed by atoms with Crippen LogP contribution in [0, 0.1) is 11.8 Å². The standard InChI is InChI=1S/C7H9N/c1-3-5-7-8-6-4-2/h4,6-7H,1-2H3/b6-4-,8-7-. The average molecular weight is 107 g/mol. The third kappa shape index (κ3) is 4.97. The molecule has 1 nitrogen and oxygen atoms in total. The first-order chi connectivity index (χ1) is 3.91. The van der Waals surface area contributed by atoms with Crippen LogP contribution in [0.2, 0.25) is 0 Å². The van der Waals surface area contributed by atoms with Gasteiger partial charge in [0.25, 0.3) is 0 Å². The van der Waals surface area contributed by atoms with Gasteiger partial charge in [0.05, 0.1) is 6.21 Å². The molecule has 0 amide bonds. The van der Waals surface area contributed by atoms with E-state index < -0.39 is 0 Å². The summed E-state index contributed by atoms with van der Waals surface area (Å²) in [5.41, 5.74) is 0. The van der Waals surface area contributed by atoms with Gasteiger partial charge < -0.3 is 0 Å². The number of hydrogen-bond acceptors (Lipinski definition) is 1. The van der Waals surface area contributed by atoms with Crippen LogP contribution in [0.5, 0.6) is 0 Å². The summed E-state index contributed by atoms with van der Waals surface area (Å²) in [4.78, 5) is 3.80. The van der Waals surface area contributed by atoms with Gasteiger partial charge in [0.15, 0.2) is 0 Å². The molecule has 0 aliphatic heterocycles. The molecule has 0 heterocycles. The Bertz CT molecular complexity index is 144. The van der Waals surface area contributed by atoms with E-state index in [1.54, 1.807) is 19.3 Å². The quantitative estimate of drug-likeness (QED) is 0.356. The lowest BCUT2D eigenvalue weighted by Gasteiger charge is -1.65. The van der Waals surface area contributed by atoms with Crippen LogP contribution in [0.25, 0.3) is 0 Å². The molecule has 8 heavy (non-hydrogen) atoms. The van der Waals surface area contributed by atoms with Gasteiger partial charge in [-0.05, 0) is 13.8 Å². The molecule has 0 aliphatic rings. The molecule has 0 fully saturated rings. The minimum Gasteiger partial charge on any atom is -0.256 e. The highest BCUT2D eigenvalue weighted by Crippen LogP contribution is 1.67. The van der Waals surface area contributed by atoms with E-state index in [4.69, 9.17) is 0 Å². The molecule has 0 saturated heterocycles. The molecule has 0 unspecified atom stereocenters. The topological polar surface area (TPSA) is 12.4 Å². The number of nitrogens with zero attached hydrogens (tertiary/aromatic N) is 1. The maximum Gasteiger partial charge on any atom is 0.0766 e. The lowest BCUT2D eigenvalue weighted by molar-refractivity contribution is 1.55. The number of allylic oxidation sites excluding steroid dienone is 1. The van der Waals surface area contributed by atoms with E-state index in [1.807, 2.05) is 13.0 Å². The predicted molar refractivity (Wildman–Crippen MR) is 36.8 cm³/mol. The molecule has 0 rings (SSSR count). The summed E-state index contributed by atoms with van der Waals surface area (Å²) in [5, 5.41) is 0. The van der Waals surface area contributed by atoms with E-state index in [2.05, 4.69) is 16.8 Å². The van der Waals surface area contributed by atoms with E-state index in [-0.39, 0.29) is 0 Å². The highest BCUT2D eigenvalue weighted by molar-refractivity contribution is 5.78. The summed E-state index contributed by atoms with van der Waals surface area (Å²) in [7, 11) is 0. The van der Waals surface area contributed by atoms with E-state index in [1.165, 1.54) is 0 Å². The molecule has 0 atom stereocenters. The van der Waals surface area contributed by atoms with Crippen LogP contribution in [-0.2, 0) is 0 Å². The smallest absolute Gasteiger partial charge is 0.0766 e. The van der Waals surface area contributed by atoms with Crippen molar-refractivity contribution in [1.29, 1.82) is 0 Å². The first-order valence-electron chi connectivity index (χ1n) is 2.47. The van der Waals surface area contributed by atoms with Gasteiger partial charge in [-0.25, -0.2) is 0 Å². The zero-order chi connectivity index (χ0) is 6.24. The Morgan fingerprint density at radius 3 is 2.75 bits per heavy atom. The van der Waals surface area contributed by atoms with Gasteiger partial charge in [0.2, 0.25) is 0 Å². The Hall–Kier alpha value is -1.03. The van der Waals surface area contributed by atoms with Crippen LogP contribution in [-0.4, -0.2) is 6.21 Å². The van der Waals surface area contributed by atoms with Gasteiger partial charge in [-0.3, -0.25) is 4.99 Å². The minimum absolute atomic E-state index is 1.57. The second-order valence-corrected chi connectivity index (χ2v) is 1.15. The third-order valence-electron chi connectivity index (χ3n) is 0.519. The maximum absolute atomic E-state index is 3.80. The first-order valence-corrected chi connectivity index (χ1v) is 2.47. The second kappa shape index (κ2) is 5.97. The number of rotatable bonds is 1. The number of hydrogen-bond donors (Lipinski definition) is 0. The van der Waals surface area contributed by atoms with Crippen molar-refractivity contribution in [2.45, 2.75) is 13.8 Å². The lowest BCUT2D eigenvalue weighted by atomic mass is 10.6. The fourth-order valence-corrected chi connectivity index (χ4v) is 0.231. The molecular formula is C7H9N. The van der Waals surface area contributed by atoms with Crippen LogP contribution >= 0.6 is 0 Å². The molecule has 1 heteroatoms. The summed E-state index contributed by atoms with van der Waals surface area (Å²) in [6, 6.07) is 0. The van der Waals surface area contributed by atoms with Gasteiger partial charge in [-0.2, -0.15) is 0 Å². The van der Waals surface area contributed by atoms with Gasteiger partial charge in [-0.15, -0.1) is 5.92 Å². The molecule has 0 radical (unpaired) electrons. The predicted octanol–water partition coefficient (Wildman–Crippen LogP) is 1.61. The lowest BCUT2D eigenvalue weighted by Crippen LogP contribution is -1.58. The summed E-state index contributed by atoms with van der Waals surface area (Å²) in [6.45, 7) is 3.69. The highest BCUT2D eigenvalue weighted by Gasteiger charge is 1.53. The molecule has 0 aromatic heterocycles. The molecule has 0 spiro atoms. The Kier molecular flexibility index (Phi) is 5.20. The van der Waals surface area contributed by atoms with Crippen LogP contribution in [0.3, 0.4) is 0 Å². The van der Waals surface area contributed by atoms with Crippen LogP contribution < -0.4 is 0 Å². The second-order valence-electron chi connectivity index (χ2n) is 1.15.